The van der Waals surface area contributed by atoms with Crippen LogP contribution in [-0.4, -0.2) is 44.3 Å². The number of halogens is 1. The second-order valence-electron chi connectivity index (χ2n) is 8.25. The number of nitrogens with zero attached hydrogens (tertiary/aromatic N) is 3. The van der Waals surface area contributed by atoms with Gasteiger partial charge in [-0.15, -0.1) is 0 Å². The van der Waals surface area contributed by atoms with Crippen molar-refractivity contribution in [3.05, 3.63) is 42.1 Å². The van der Waals surface area contributed by atoms with Gasteiger partial charge >= 0.3 is 0 Å². The predicted molar refractivity (Wildman–Crippen MR) is 116 cm³/mol. The van der Waals surface area contributed by atoms with Gasteiger partial charge in [-0.1, -0.05) is 12.1 Å². The van der Waals surface area contributed by atoms with Crippen molar-refractivity contribution in [3.8, 4) is 17.0 Å². The average Bonchev–Trinajstić information content (AvgIpc) is 3.30. The van der Waals surface area contributed by atoms with Crippen LogP contribution in [-0.2, 0) is 0 Å². The van der Waals surface area contributed by atoms with Crippen molar-refractivity contribution >= 4 is 16.9 Å². The topological polar surface area (TPSA) is 89.3 Å². The zero-order chi connectivity index (χ0) is 22.1. The minimum absolute atomic E-state index is 0.0401. The third-order valence-corrected chi connectivity index (χ3v) is 5.50. The van der Waals surface area contributed by atoms with Gasteiger partial charge in [0.1, 0.15) is 17.0 Å². The van der Waals surface area contributed by atoms with Crippen molar-refractivity contribution in [2.24, 2.45) is 0 Å². The lowest BCUT2D eigenvalue weighted by Gasteiger charge is -2.16. The number of aliphatic hydroxyl groups excluding tert-OH is 1. The summed E-state index contributed by atoms with van der Waals surface area (Å²) in [4.78, 5) is 17.3. The van der Waals surface area contributed by atoms with Gasteiger partial charge in [0.25, 0.3) is 5.91 Å². The molecule has 164 valence electrons. The van der Waals surface area contributed by atoms with E-state index >= 15 is 0 Å². The van der Waals surface area contributed by atoms with Crippen LogP contribution < -0.4 is 10.1 Å². The molecule has 1 aliphatic rings. The molecule has 0 spiro atoms. The number of benzene rings is 1. The summed E-state index contributed by atoms with van der Waals surface area (Å²) in [6, 6.07) is 8.65. The molecule has 0 radical (unpaired) electrons. The lowest BCUT2D eigenvalue weighted by atomic mass is 10.1. The highest BCUT2D eigenvalue weighted by Gasteiger charge is 2.27. The Labute approximate surface area is 180 Å². The summed E-state index contributed by atoms with van der Waals surface area (Å²) < 4.78 is 20.3. The third kappa shape index (κ3) is 4.39. The quantitative estimate of drug-likeness (QED) is 0.622. The molecular weight excluding hydrogens is 399 g/mol. The molecule has 1 unspecified atom stereocenters. The van der Waals surface area contributed by atoms with Crippen LogP contribution in [0.15, 0.2) is 36.5 Å². The molecule has 2 aromatic heterocycles. The van der Waals surface area contributed by atoms with E-state index in [9.17, 15) is 14.3 Å². The molecule has 0 saturated heterocycles. The Bertz CT molecular complexity index is 1100. The maximum Gasteiger partial charge on any atom is 0.253 e. The fourth-order valence-electron chi connectivity index (χ4n) is 4.00. The third-order valence-electron chi connectivity index (χ3n) is 5.50. The molecule has 1 saturated carbocycles. The Balaban J connectivity index is 1.71. The van der Waals surface area contributed by atoms with Crippen LogP contribution in [0.4, 0.5) is 4.39 Å². The van der Waals surface area contributed by atoms with Crippen molar-refractivity contribution in [2.45, 2.75) is 64.6 Å². The molecule has 7 nitrogen and oxygen atoms in total. The zero-order valence-corrected chi connectivity index (χ0v) is 17.9. The van der Waals surface area contributed by atoms with E-state index in [-0.39, 0.29) is 18.0 Å². The Hall–Kier alpha value is -3.00. The molecule has 1 amide bonds. The molecule has 2 heterocycles. The van der Waals surface area contributed by atoms with Gasteiger partial charge in [-0.2, -0.15) is 5.10 Å². The minimum Gasteiger partial charge on any atom is -0.461 e. The second kappa shape index (κ2) is 8.63. The van der Waals surface area contributed by atoms with E-state index in [1.807, 2.05) is 24.6 Å². The van der Waals surface area contributed by atoms with E-state index in [0.29, 0.717) is 28.9 Å². The number of hydrogen-bond donors (Lipinski definition) is 2. The van der Waals surface area contributed by atoms with Crippen LogP contribution in [0.2, 0.25) is 0 Å². The number of aliphatic hydroxyl groups is 1. The summed E-state index contributed by atoms with van der Waals surface area (Å²) in [6.07, 6.45) is 1.98. The van der Waals surface area contributed by atoms with Crippen LogP contribution in [0.25, 0.3) is 22.3 Å². The van der Waals surface area contributed by atoms with Crippen LogP contribution in [0.3, 0.4) is 0 Å². The minimum atomic E-state index is -1.42. The number of ether oxygens (including phenoxy) is 1. The van der Waals surface area contributed by atoms with Gasteiger partial charge in [-0.3, -0.25) is 14.5 Å². The molecule has 1 aromatic carbocycles. The van der Waals surface area contributed by atoms with Gasteiger partial charge in [-0.25, -0.2) is 4.39 Å². The first-order valence-corrected chi connectivity index (χ1v) is 10.6. The van der Waals surface area contributed by atoms with Gasteiger partial charge in [0.2, 0.25) is 6.36 Å². The smallest absolute Gasteiger partial charge is 0.253 e. The monoisotopic (exact) mass is 426 g/mol. The SMILES string of the molecule is CC(F)Oc1cccc(-c2nn(C(C)C)c3cc(C(=O)N[C@H]4CCC[C@H]4O)cnc23)c1. The zero-order valence-electron chi connectivity index (χ0n) is 17.9. The molecular formula is C23H27FN4O3. The molecule has 3 aromatic rings. The lowest BCUT2D eigenvalue weighted by Crippen LogP contribution is -2.39. The van der Waals surface area contributed by atoms with Crippen molar-refractivity contribution in [3.63, 3.8) is 0 Å². The van der Waals surface area contributed by atoms with Crippen LogP contribution in [0.5, 0.6) is 5.75 Å². The van der Waals surface area contributed by atoms with Gasteiger partial charge in [-0.05, 0) is 51.3 Å². The first kappa shape index (κ1) is 21.2. The number of amides is 1. The van der Waals surface area contributed by atoms with Crippen LogP contribution in [0.1, 0.15) is 56.4 Å². The Kier molecular flexibility index (Phi) is 5.91. The number of rotatable bonds is 6. The fraction of sp³-hybridized carbons (Fsp3) is 0.435. The van der Waals surface area contributed by atoms with Crippen molar-refractivity contribution < 1.29 is 19.0 Å². The fourth-order valence-corrected chi connectivity index (χ4v) is 4.00. The molecule has 1 fully saturated rings. The van der Waals surface area contributed by atoms with E-state index in [0.717, 1.165) is 23.9 Å². The van der Waals surface area contributed by atoms with Crippen molar-refractivity contribution in [1.82, 2.24) is 20.1 Å². The summed E-state index contributed by atoms with van der Waals surface area (Å²) in [6.45, 7) is 5.33. The Morgan fingerprint density at radius 3 is 2.77 bits per heavy atom. The van der Waals surface area contributed by atoms with E-state index < -0.39 is 12.5 Å². The molecule has 0 bridgehead atoms. The summed E-state index contributed by atoms with van der Waals surface area (Å²) in [5.74, 6) is 0.150. The number of fused-ring (bicyclic) bond motifs is 1. The Morgan fingerprint density at radius 1 is 1.29 bits per heavy atom. The summed E-state index contributed by atoms with van der Waals surface area (Å²) >= 11 is 0. The van der Waals surface area contributed by atoms with E-state index in [2.05, 4.69) is 10.3 Å². The highest BCUT2D eigenvalue weighted by Crippen LogP contribution is 2.31. The summed E-state index contributed by atoms with van der Waals surface area (Å²) in [7, 11) is 0. The number of nitrogens with one attached hydrogen (secondary N) is 1. The summed E-state index contributed by atoms with van der Waals surface area (Å²) in [5.41, 5.74) is 3.19. The van der Waals surface area contributed by atoms with Crippen molar-refractivity contribution in [2.75, 3.05) is 0 Å². The number of aromatic nitrogens is 3. The van der Waals surface area contributed by atoms with Gasteiger partial charge in [0.05, 0.1) is 23.2 Å². The van der Waals surface area contributed by atoms with Gasteiger partial charge in [0.15, 0.2) is 0 Å². The normalized spacial score (nSPS) is 19.7. The average molecular weight is 426 g/mol. The maximum atomic E-state index is 13.3. The number of hydrogen-bond acceptors (Lipinski definition) is 5. The highest BCUT2D eigenvalue weighted by molar-refractivity contribution is 5.99. The molecule has 2 N–H and O–H groups in total. The number of pyridine rings is 1. The first-order valence-electron chi connectivity index (χ1n) is 10.6. The lowest BCUT2D eigenvalue weighted by molar-refractivity contribution is 0.0859. The molecule has 3 atom stereocenters. The number of carbonyl (C=O) groups excluding carboxylic acids is 1. The number of alkyl halides is 1. The number of carbonyl (C=O) groups is 1. The van der Waals surface area contributed by atoms with Crippen LogP contribution in [0, 0.1) is 0 Å². The molecule has 4 rings (SSSR count). The summed E-state index contributed by atoms with van der Waals surface area (Å²) in [5, 5.41) is 17.6. The molecule has 1 aliphatic carbocycles. The van der Waals surface area contributed by atoms with Crippen molar-refractivity contribution in [1.29, 1.82) is 0 Å². The Morgan fingerprint density at radius 2 is 2.10 bits per heavy atom. The standard InChI is InChI=1S/C23H27FN4O3/c1-13(2)28-19-11-16(23(30)26-18-8-5-9-20(18)29)12-25-22(19)21(27-28)15-6-4-7-17(10-15)31-14(3)24/h4,6-7,10-14,18,20,29H,5,8-9H2,1-3H3,(H,26,30)/t14?,18-,20+/m0/s1. The highest BCUT2D eigenvalue weighted by atomic mass is 19.1. The molecule has 31 heavy (non-hydrogen) atoms. The van der Waals surface area contributed by atoms with E-state index in [1.165, 1.54) is 13.1 Å². The van der Waals surface area contributed by atoms with E-state index in [4.69, 9.17) is 9.84 Å². The van der Waals surface area contributed by atoms with Crippen LogP contribution >= 0.6 is 0 Å². The van der Waals surface area contributed by atoms with Gasteiger partial charge in [0, 0.05) is 24.7 Å². The predicted octanol–water partition coefficient (Wildman–Crippen LogP) is 4.02. The molecule has 8 heteroatoms. The van der Waals surface area contributed by atoms with E-state index in [1.54, 1.807) is 24.3 Å². The second-order valence-corrected chi connectivity index (χ2v) is 8.25. The largest absolute Gasteiger partial charge is 0.461 e. The maximum absolute atomic E-state index is 13.3. The van der Waals surface area contributed by atoms with Gasteiger partial charge < -0.3 is 15.2 Å². The first-order chi connectivity index (χ1) is 14.8. The molecule has 0 aliphatic heterocycles.